The monoisotopic (exact) mass is 560 g/mol. The Kier molecular flexibility index (Phi) is 8.60. The summed E-state index contributed by atoms with van der Waals surface area (Å²) >= 11 is 5.60. The molecule has 8 heteroatoms. The number of aromatic nitrogens is 2. The van der Waals surface area contributed by atoms with Gasteiger partial charge in [-0.05, 0) is 85.0 Å². The van der Waals surface area contributed by atoms with E-state index in [0.29, 0.717) is 22.4 Å². The molecular weight excluding hydrogens is 528 g/mol. The summed E-state index contributed by atoms with van der Waals surface area (Å²) < 4.78 is 12.6. The van der Waals surface area contributed by atoms with Crippen molar-refractivity contribution in [1.82, 2.24) is 9.55 Å². The minimum absolute atomic E-state index is 0.0636. The molecule has 2 aliphatic carbocycles. The Morgan fingerprint density at radius 1 is 1.05 bits per heavy atom. The third-order valence-electron chi connectivity index (χ3n) is 7.49. The van der Waals surface area contributed by atoms with Gasteiger partial charge in [0.25, 0.3) is 0 Å². The lowest BCUT2D eigenvalue weighted by atomic mass is 9.91. The number of rotatable bonds is 6. The first-order chi connectivity index (χ1) is 18.9. The second kappa shape index (κ2) is 12.3. The molecule has 1 fully saturated rings. The molecule has 0 bridgehead atoms. The van der Waals surface area contributed by atoms with Gasteiger partial charge >= 0.3 is 0 Å². The highest BCUT2D eigenvalue weighted by Gasteiger charge is 2.46. The van der Waals surface area contributed by atoms with Crippen LogP contribution in [-0.2, 0) is 42.2 Å². The molecule has 3 aromatic carbocycles. The molecule has 2 aliphatic rings. The Morgan fingerprint density at radius 2 is 1.82 bits per heavy atom. The second-order valence-electron chi connectivity index (χ2n) is 10.2. The van der Waals surface area contributed by atoms with E-state index in [0.717, 1.165) is 30.8 Å². The highest BCUT2D eigenvalue weighted by molar-refractivity contribution is 7.82. The number of hydrogen-bond donors (Lipinski definition) is 1. The first kappa shape index (κ1) is 27.3. The van der Waals surface area contributed by atoms with Crippen LogP contribution in [-0.4, -0.2) is 19.7 Å². The van der Waals surface area contributed by atoms with Crippen LogP contribution in [0.3, 0.4) is 0 Å². The summed E-state index contributed by atoms with van der Waals surface area (Å²) in [5.74, 6) is 1.53. The summed E-state index contributed by atoms with van der Waals surface area (Å²) in [6.45, 7) is 0.513. The first-order valence-corrected chi connectivity index (χ1v) is 14.9. The molecule has 39 heavy (non-hydrogen) atoms. The molecule has 6 nitrogen and oxygen atoms in total. The predicted octanol–water partition coefficient (Wildman–Crippen LogP) is 5.96. The van der Waals surface area contributed by atoms with Crippen LogP contribution in [0.5, 0.6) is 0 Å². The van der Waals surface area contributed by atoms with Gasteiger partial charge in [0.1, 0.15) is 16.8 Å². The number of amides is 1. The van der Waals surface area contributed by atoms with Crippen molar-refractivity contribution in [2.75, 3.05) is 4.90 Å². The maximum Gasteiger partial charge on any atom is 0.231 e. The molecule has 1 saturated carbocycles. The van der Waals surface area contributed by atoms with Gasteiger partial charge in [-0.1, -0.05) is 54.1 Å². The molecule has 1 aromatic heterocycles. The van der Waals surface area contributed by atoms with Crippen molar-refractivity contribution in [2.24, 2.45) is 18.1 Å². The number of aryl methyl sites for hydroxylation is 3. The molecule has 1 unspecified atom stereocenters. The van der Waals surface area contributed by atoms with Crippen molar-refractivity contribution in [3.05, 3.63) is 113 Å². The van der Waals surface area contributed by atoms with Crippen LogP contribution in [0.1, 0.15) is 47.7 Å². The molecule has 0 spiro atoms. The molecule has 4 aromatic rings. The van der Waals surface area contributed by atoms with Gasteiger partial charge < -0.3 is 9.47 Å². The fourth-order valence-electron chi connectivity index (χ4n) is 5.20. The Bertz CT molecular complexity index is 1470. The van der Waals surface area contributed by atoms with Crippen LogP contribution in [0.2, 0.25) is 5.02 Å². The van der Waals surface area contributed by atoms with Gasteiger partial charge in [0.15, 0.2) is 0 Å². The molecule has 6 rings (SSSR count). The molecule has 1 amide bonds. The number of hydrogen-bond acceptors (Lipinski definition) is 3. The molecule has 0 aliphatic heterocycles. The van der Waals surface area contributed by atoms with Gasteiger partial charge in [-0.25, -0.2) is 14.3 Å². The van der Waals surface area contributed by atoms with E-state index in [1.54, 1.807) is 30.5 Å². The summed E-state index contributed by atoms with van der Waals surface area (Å²) in [6, 6.07) is 23.7. The maximum atomic E-state index is 13.6. The van der Waals surface area contributed by atoms with Gasteiger partial charge in [-0.3, -0.25) is 4.79 Å². The van der Waals surface area contributed by atoms with Crippen molar-refractivity contribution in [3.8, 4) is 0 Å². The molecule has 202 valence electrons. The minimum atomic E-state index is -1.42. The SMILES string of the molecule is Cn1ccnc1CN(C(=O)[C@H]1C[C@@H]1c1ccccc1)c1ccc2c(c1)CCCC2.NS(=O)c1cccc(Cl)c1. The van der Waals surface area contributed by atoms with Crippen molar-refractivity contribution in [2.45, 2.75) is 49.5 Å². The summed E-state index contributed by atoms with van der Waals surface area (Å²) in [7, 11) is 0.564. The highest BCUT2D eigenvalue weighted by Crippen LogP contribution is 2.49. The first-order valence-electron chi connectivity index (χ1n) is 13.3. The van der Waals surface area contributed by atoms with Crippen molar-refractivity contribution >= 4 is 34.2 Å². The number of imidazole rings is 1. The minimum Gasteiger partial charge on any atom is -0.337 e. The van der Waals surface area contributed by atoms with Gasteiger partial charge in [0.05, 0.1) is 11.4 Å². The largest absolute Gasteiger partial charge is 0.337 e. The number of nitrogens with two attached hydrogens (primary N) is 1. The van der Waals surface area contributed by atoms with Crippen LogP contribution >= 0.6 is 11.6 Å². The summed E-state index contributed by atoms with van der Waals surface area (Å²) in [5, 5.41) is 5.65. The van der Waals surface area contributed by atoms with Crippen molar-refractivity contribution < 1.29 is 9.00 Å². The molecule has 1 heterocycles. The molecule has 2 N–H and O–H groups in total. The number of carbonyl (C=O) groups is 1. The Hall–Kier alpha value is -3.26. The van der Waals surface area contributed by atoms with E-state index in [1.165, 1.54) is 29.5 Å². The molecule has 3 atom stereocenters. The predicted molar refractivity (Wildman–Crippen MR) is 157 cm³/mol. The zero-order valence-corrected chi connectivity index (χ0v) is 23.6. The Balaban J connectivity index is 0.000000261. The van der Waals surface area contributed by atoms with Crippen LogP contribution in [0.25, 0.3) is 0 Å². The van der Waals surface area contributed by atoms with Crippen LogP contribution in [0.4, 0.5) is 5.69 Å². The number of carbonyl (C=O) groups excluding carboxylic acids is 1. The quantitative estimate of drug-likeness (QED) is 0.316. The molecular formula is C31H33ClN4O2S. The lowest BCUT2D eigenvalue weighted by Gasteiger charge is -2.25. The van der Waals surface area contributed by atoms with Crippen LogP contribution < -0.4 is 10.0 Å². The standard InChI is InChI=1S/C25H27N3O.C6H6ClNOS/c1-27-14-13-26-24(27)17-28(21-12-11-18-7-5-6-10-20(18)15-21)25(29)23-16-22(23)19-8-3-2-4-9-19;7-5-2-1-3-6(4-5)10(8)9/h2-4,8-9,11-15,22-23H,5-7,10,16-17H2,1H3;1-4H,8H2/t22-,23+;/m1./s1. The number of anilines is 1. The fraction of sp³-hybridized carbons (Fsp3) is 0.290. The average Bonchev–Trinajstić information content (AvgIpc) is 3.66. The van der Waals surface area contributed by atoms with E-state index in [-0.39, 0.29) is 11.8 Å². The second-order valence-corrected chi connectivity index (χ2v) is 11.7. The van der Waals surface area contributed by atoms with Gasteiger partial charge in [0.2, 0.25) is 5.91 Å². The zero-order valence-electron chi connectivity index (χ0n) is 22.0. The number of nitrogens with zero attached hydrogens (tertiary/aromatic N) is 3. The van der Waals surface area contributed by atoms with Crippen LogP contribution in [0, 0.1) is 5.92 Å². The van der Waals surface area contributed by atoms with Gasteiger partial charge in [-0.2, -0.15) is 0 Å². The zero-order chi connectivity index (χ0) is 27.4. The number of benzene rings is 3. The van der Waals surface area contributed by atoms with Crippen molar-refractivity contribution in [1.29, 1.82) is 0 Å². The molecule has 0 radical (unpaired) electrons. The fourth-order valence-corrected chi connectivity index (χ4v) is 5.91. The number of fused-ring (bicyclic) bond motifs is 1. The van der Waals surface area contributed by atoms with E-state index in [1.807, 2.05) is 28.8 Å². The lowest BCUT2D eigenvalue weighted by Crippen LogP contribution is -2.33. The summed E-state index contributed by atoms with van der Waals surface area (Å²) in [6.07, 6.45) is 9.45. The van der Waals surface area contributed by atoms with E-state index in [9.17, 15) is 9.00 Å². The highest BCUT2D eigenvalue weighted by atomic mass is 35.5. The Labute approximate surface area is 237 Å². The third kappa shape index (κ3) is 6.67. The smallest absolute Gasteiger partial charge is 0.231 e. The van der Waals surface area contributed by atoms with E-state index < -0.39 is 11.0 Å². The van der Waals surface area contributed by atoms with E-state index >= 15 is 0 Å². The summed E-state index contributed by atoms with van der Waals surface area (Å²) in [5.41, 5.74) is 5.13. The normalized spacial score (nSPS) is 18.3. The van der Waals surface area contributed by atoms with E-state index in [4.69, 9.17) is 16.7 Å². The third-order valence-corrected chi connectivity index (χ3v) is 8.45. The average molecular weight is 561 g/mol. The van der Waals surface area contributed by atoms with Crippen LogP contribution in [0.15, 0.2) is 90.1 Å². The Morgan fingerprint density at radius 3 is 2.49 bits per heavy atom. The topological polar surface area (TPSA) is 81.2 Å². The lowest BCUT2D eigenvalue weighted by molar-refractivity contribution is -0.120. The molecule has 0 saturated heterocycles. The number of halogens is 1. The van der Waals surface area contributed by atoms with Gasteiger partial charge in [0, 0.05) is 36.1 Å². The van der Waals surface area contributed by atoms with E-state index in [2.05, 4.69) is 47.4 Å². The van der Waals surface area contributed by atoms with Crippen molar-refractivity contribution in [3.63, 3.8) is 0 Å². The maximum absolute atomic E-state index is 13.6. The summed E-state index contributed by atoms with van der Waals surface area (Å²) in [4.78, 5) is 20.6. The van der Waals surface area contributed by atoms with Gasteiger partial charge in [-0.15, -0.1) is 0 Å².